The van der Waals surface area contributed by atoms with Crippen LogP contribution >= 0.6 is 0 Å². The van der Waals surface area contributed by atoms with Crippen molar-refractivity contribution in [3.63, 3.8) is 0 Å². The molecule has 0 saturated heterocycles. The third kappa shape index (κ3) is 5.66. The Kier molecular flexibility index (Phi) is 6.22. The number of aliphatic hydroxyl groups excluding tert-OH is 1. The Balaban J connectivity index is 2.49. The van der Waals surface area contributed by atoms with Crippen LogP contribution in [0.15, 0.2) is 30.3 Å². The van der Waals surface area contributed by atoms with E-state index < -0.39 is 0 Å². The molecule has 19 heavy (non-hydrogen) atoms. The fourth-order valence-electron chi connectivity index (χ4n) is 1.61. The molecule has 4 heteroatoms. The zero-order valence-corrected chi connectivity index (χ0v) is 11.3. The van der Waals surface area contributed by atoms with Gasteiger partial charge in [0.15, 0.2) is 0 Å². The van der Waals surface area contributed by atoms with Crippen molar-refractivity contribution in [2.24, 2.45) is 0 Å². The van der Waals surface area contributed by atoms with Crippen LogP contribution in [0.5, 0.6) is 0 Å². The van der Waals surface area contributed by atoms with E-state index in [9.17, 15) is 14.3 Å². The second-order valence-electron chi connectivity index (χ2n) is 4.48. The van der Waals surface area contributed by atoms with Gasteiger partial charge in [-0.15, -0.1) is 0 Å². The molecule has 1 aromatic rings. The molecule has 104 valence electrons. The Labute approximate surface area is 113 Å². The Bertz CT molecular complexity index is 440. The van der Waals surface area contributed by atoms with Crippen molar-refractivity contribution in [2.75, 3.05) is 6.54 Å². The molecule has 1 aromatic carbocycles. The van der Waals surface area contributed by atoms with Gasteiger partial charge in [-0.25, -0.2) is 4.39 Å². The van der Waals surface area contributed by atoms with E-state index in [0.29, 0.717) is 19.4 Å². The summed E-state index contributed by atoms with van der Waals surface area (Å²) in [7, 11) is 0. The van der Waals surface area contributed by atoms with Crippen LogP contribution in [0.3, 0.4) is 0 Å². The monoisotopic (exact) mass is 265 g/mol. The van der Waals surface area contributed by atoms with Crippen molar-refractivity contribution < 1.29 is 14.3 Å². The average molecular weight is 265 g/mol. The summed E-state index contributed by atoms with van der Waals surface area (Å²) in [6.45, 7) is 4.14. The number of carbonyl (C=O) groups excluding carboxylic acids is 1. The van der Waals surface area contributed by atoms with Crippen molar-refractivity contribution in [2.45, 2.75) is 32.8 Å². The summed E-state index contributed by atoms with van der Waals surface area (Å²) in [4.78, 5) is 11.6. The highest BCUT2D eigenvalue weighted by atomic mass is 19.1. The van der Waals surface area contributed by atoms with Crippen LogP contribution < -0.4 is 5.32 Å². The number of hydrogen-bond acceptors (Lipinski definition) is 2. The zero-order valence-electron chi connectivity index (χ0n) is 11.3. The quantitative estimate of drug-likeness (QED) is 0.776. The molecule has 0 saturated carbocycles. The van der Waals surface area contributed by atoms with Crippen LogP contribution in [0.1, 0.15) is 32.3 Å². The average Bonchev–Trinajstić information content (AvgIpc) is 2.39. The molecular formula is C15H20FNO2. The predicted molar refractivity (Wildman–Crippen MR) is 74.0 cm³/mol. The lowest BCUT2D eigenvalue weighted by Gasteiger charge is -2.08. The summed E-state index contributed by atoms with van der Waals surface area (Å²) in [5.41, 5.74) is 1.58. The molecule has 0 spiro atoms. The fourth-order valence-corrected chi connectivity index (χ4v) is 1.61. The Hall–Kier alpha value is -1.68. The molecule has 0 fully saturated rings. The van der Waals surface area contributed by atoms with Gasteiger partial charge >= 0.3 is 0 Å². The predicted octanol–water partition coefficient (Wildman–Crippen LogP) is 2.51. The van der Waals surface area contributed by atoms with Gasteiger partial charge in [0.1, 0.15) is 5.82 Å². The molecule has 0 radical (unpaired) electrons. The molecule has 0 bridgehead atoms. The van der Waals surface area contributed by atoms with Gasteiger partial charge in [-0.05, 0) is 43.0 Å². The molecule has 0 aliphatic rings. The summed E-state index contributed by atoms with van der Waals surface area (Å²) in [5, 5.41) is 12.1. The van der Waals surface area contributed by atoms with Crippen molar-refractivity contribution in [1.29, 1.82) is 0 Å². The van der Waals surface area contributed by atoms with Gasteiger partial charge < -0.3 is 10.4 Å². The summed E-state index contributed by atoms with van der Waals surface area (Å²) in [6, 6.07) is 5.99. The van der Waals surface area contributed by atoms with Crippen molar-refractivity contribution in [3.05, 3.63) is 41.7 Å². The summed E-state index contributed by atoms with van der Waals surface area (Å²) >= 11 is 0. The molecule has 1 atom stereocenters. The number of hydrogen-bond donors (Lipinski definition) is 2. The highest BCUT2D eigenvalue weighted by Crippen LogP contribution is 2.13. The minimum Gasteiger partial charge on any atom is -0.393 e. The minimum atomic E-state index is -0.373. The third-order valence-corrected chi connectivity index (χ3v) is 2.90. The Morgan fingerprint density at radius 3 is 2.63 bits per heavy atom. The molecule has 2 N–H and O–H groups in total. The topological polar surface area (TPSA) is 49.3 Å². The molecule has 1 unspecified atom stereocenters. The molecule has 0 aliphatic carbocycles. The number of allylic oxidation sites excluding steroid dienone is 1. The molecule has 0 aromatic heterocycles. The van der Waals surface area contributed by atoms with E-state index in [1.165, 1.54) is 18.2 Å². The largest absolute Gasteiger partial charge is 0.393 e. The molecule has 1 amide bonds. The van der Waals surface area contributed by atoms with E-state index in [4.69, 9.17) is 0 Å². The number of nitrogens with one attached hydrogen (secondary N) is 1. The molecular weight excluding hydrogens is 245 g/mol. The van der Waals surface area contributed by atoms with Crippen molar-refractivity contribution >= 4 is 11.5 Å². The fraction of sp³-hybridized carbons (Fsp3) is 0.400. The second-order valence-corrected chi connectivity index (χ2v) is 4.48. The van der Waals surface area contributed by atoms with Crippen LogP contribution in [0, 0.1) is 5.82 Å². The first-order chi connectivity index (χ1) is 9.02. The van der Waals surface area contributed by atoms with Crippen LogP contribution in [-0.4, -0.2) is 23.7 Å². The number of benzene rings is 1. The number of amides is 1. The van der Waals surface area contributed by atoms with Crippen molar-refractivity contribution in [1.82, 2.24) is 5.32 Å². The van der Waals surface area contributed by atoms with Gasteiger partial charge in [-0.3, -0.25) is 4.79 Å². The Morgan fingerprint density at radius 2 is 2.05 bits per heavy atom. The van der Waals surface area contributed by atoms with Crippen molar-refractivity contribution in [3.8, 4) is 0 Å². The van der Waals surface area contributed by atoms with E-state index in [2.05, 4.69) is 5.32 Å². The SMILES string of the molecule is CCC(O)CCNC(=O)/C=C(/C)c1ccc(F)cc1. The maximum absolute atomic E-state index is 12.8. The van der Waals surface area contributed by atoms with Crippen LogP contribution in [0.2, 0.25) is 0 Å². The van der Waals surface area contributed by atoms with E-state index >= 15 is 0 Å². The van der Waals surface area contributed by atoms with E-state index in [0.717, 1.165) is 11.1 Å². The van der Waals surface area contributed by atoms with Crippen LogP contribution in [0.4, 0.5) is 4.39 Å². The number of aliphatic hydroxyl groups is 1. The Morgan fingerprint density at radius 1 is 1.42 bits per heavy atom. The van der Waals surface area contributed by atoms with Gasteiger partial charge in [0.25, 0.3) is 0 Å². The summed E-state index contributed by atoms with van der Waals surface area (Å²) in [6.07, 6.45) is 2.33. The van der Waals surface area contributed by atoms with E-state index in [1.54, 1.807) is 19.1 Å². The third-order valence-electron chi connectivity index (χ3n) is 2.90. The van der Waals surface area contributed by atoms with Crippen LogP contribution in [0.25, 0.3) is 5.57 Å². The maximum atomic E-state index is 12.8. The number of carbonyl (C=O) groups is 1. The van der Waals surface area contributed by atoms with Gasteiger partial charge in [0, 0.05) is 12.6 Å². The lowest BCUT2D eigenvalue weighted by molar-refractivity contribution is -0.116. The number of halogens is 1. The molecule has 3 nitrogen and oxygen atoms in total. The second kappa shape index (κ2) is 7.69. The summed E-state index contributed by atoms with van der Waals surface area (Å²) in [5.74, 6) is -0.500. The van der Waals surface area contributed by atoms with Gasteiger partial charge in [-0.1, -0.05) is 19.1 Å². The maximum Gasteiger partial charge on any atom is 0.244 e. The zero-order chi connectivity index (χ0) is 14.3. The number of rotatable bonds is 6. The van der Waals surface area contributed by atoms with Gasteiger partial charge in [0.05, 0.1) is 6.10 Å². The van der Waals surface area contributed by atoms with Gasteiger partial charge in [-0.2, -0.15) is 0 Å². The highest BCUT2D eigenvalue weighted by molar-refractivity contribution is 5.94. The summed E-state index contributed by atoms with van der Waals surface area (Å²) < 4.78 is 12.8. The molecule has 1 rings (SSSR count). The molecule has 0 aliphatic heterocycles. The van der Waals surface area contributed by atoms with Crippen LogP contribution in [-0.2, 0) is 4.79 Å². The van der Waals surface area contributed by atoms with E-state index in [1.807, 2.05) is 6.92 Å². The first-order valence-electron chi connectivity index (χ1n) is 6.43. The normalized spacial score (nSPS) is 13.2. The van der Waals surface area contributed by atoms with Gasteiger partial charge in [0.2, 0.25) is 5.91 Å². The van der Waals surface area contributed by atoms with E-state index in [-0.39, 0.29) is 17.8 Å². The molecule has 0 heterocycles. The first-order valence-corrected chi connectivity index (χ1v) is 6.43. The minimum absolute atomic E-state index is 0.204. The first kappa shape index (κ1) is 15.4. The lowest BCUT2D eigenvalue weighted by Crippen LogP contribution is -2.25. The lowest BCUT2D eigenvalue weighted by atomic mass is 10.1. The standard InChI is InChI=1S/C15H20FNO2/c1-3-14(18)8-9-17-15(19)10-11(2)12-4-6-13(16)7-5-12/h4-7,10,14,18H,3,8-9H2,1-2H3,(H,17,19)/b11-10-. The smallest absolute Gasteiger partial charge is 0.244 e. The highest BCUT2D eigenvalue weighted by Gasteiger charge is 2.03.